The van der Waals surface area contributed by atoms with E-state index in [1.165, 1.54) is 24.3 Å². The lowest BCUT2D eigenvalue weighted by Crippen LogP contribution is -2.58. The summed E-state index contributed by atoms with van der Waals surface area (Å²) in [7, 11) is 0. The van der Waals surface area contributed by atoms with Gasteiger partial charge in [0.2, 0.25) is 0 Å². The van der Waals surface area contributed by atoms with Crippen LogP contribution in [0.2, 0.25) is 10.0 Å². The van der Waals surface area contributed by atoms with E-state index in [9.17, 15) is 18.7 Å². The number of hydrogen-bond acceptors (Lipinski definition) is 5. The highest BCUT2D eigenvalue weighted by Crippen LogP contribution is 2.34. The Morgan fingerprint density at radius 3 is 2.56 bits per heavy atom. The third-order valence-electron chi connectivity index (χ3n) is 7.00. The Morgan fingerprint density at radius 2 is 1.83 bits per heavy atom. The van der Waals surface area contributed by atoms with Gasteiger partial charge in [-0.15, -0.1) is 0 Å². The molecule has 2 aromatic carbocycles. The molecule has 2 N–H and O–H groups in total. The predicted octanol–water partition coefficient (Wildman–Crippen LogP) is 5.57. The number of hydrogen-bond donors (Lipinski definition) is 2. The van der Waals surface area contributed by atoms with Crippen molar-refractivity contribution in [3.63, 3.8) is 0 Å². The fourth-order valence-corrected chi connectivity index (χ4v) is 5.64. The lowest BCUT2D eigenvalue weighted by Gasteiger charge is -2.49. The van der Waals surface area contributed by atoms with Gasteiger partial charge in [0.25, 0.3) is 5.91 Å². The minimum absolute atomic E-state index is 0.0179. The topological polar surface area (TPSA) is 74.9 Å². The van der Waals surface area contributed by atoms with Gasteiger partial charge >= 0.3 is 0 Å². The smallest absolute Gasteiger partial charge is 0.287 e. The number of aliphatic hydroxyl groups is 1. The number of rotatable bonds is 7. The normalized spacial score (nSPS) is 23.0. The van der Waals surface area contributed by atoms with Gasteiger partial charge in [-0.1, -0.05) is 29.6 Å². The molecule has 3 heterocycles. The highest BCUT2D eigenvalue weighted by molar-refractivity contribution is 6.31. The molecule has 3 aromatic rings. The number of carbonyl (C=O) groups excluding carboxylic acids is 1. The van der Waals surface area contributed by atoms with Crippen molar-refractivity contribution in [2.24, 2.45) is 0 Å². The van der Waals surface area contributed by atoms with Gasteiger partial charge in [0.05, 0.1) is 10.0 Å². The molecule has 0 spiro atoms. The second kappa shape index (κ2) is 10.5. The van der Waals surface area contributed by atoms with Crippen LogP contribution in [0.4, 0.5) is 8.78 Å². The monoisotopic (exact) mass is 538 g/mol. The zero-order valence-corrected chi connectivity index (χ0v) is 20.9. The Morgan fingerprint density at radius 1 is 1.11 bits per heavy atom. The number of nitrogens with one attached hydrogen (secondary N) is 1. The Balaban J connectivity index is 1.17. The maximum atomic E-state index is 13.7. The Hall–Kier alpha value is -2.39. The summed E-state index contributed by atoms with van der Waals surface area (Å²) in [4.78, 5) is 15.2. The van der Waals surface area contributed by atoms with Crippen LogP contribution in [0.1, 0.15) is 42.7 Å². The highest BCUT2D eigenvalue weighted by Gasteiger charge is 2.39. The van der Waals surface area contributed by atoms with Crippen molar-refractivity contribution in [1.29, 1.82) is 0 Å². The molecule has 0 radical (unpaired) electrons. The summed E-state index contributed by atoms with van der Waals surface area (Å²) in [5.74, 6) is -1.08. The van der Waals surface area contributed by atoms with Crippen molar-refractivity contribution in [3.8, 4) is 5.75 Å². The Kier molecular flexibility index (Phi) is 7.40. The minimum atomic E-state index is -0.749. The quantitative estimate of drug-likeness (QED) is 0.411. The molecular weight excluding hydrogens is 513 g/mol. The largest absolute Gasteiger partial charge is 0.491 e. The molecule has 10 heteroatoms. The number of ether oxygens (including phenoxy) is 1. The van der Waals surface area contributed by atoms with Crippen molar-refractivity contribution in [2.45, 2.75) is 56.3 Å². The number of furan rings is 1. The number of carbonyl (C=O) groups is 1. The van der Waals surface area contributed by atoms with Crippen LogP contribution < -0.4 is 10.1 Å². The van der Waals surface area contributed by atoms with E-state index in [0.29, 0.717) is 17.7 Å². The average molecular weight is 539 g/mol. The molecule has 5 rings (SSSR count). The van der Waals surface area contributed by atoms with Gasteiger partial charge in [0.15, 0.2) is 5.76 Å². The van der Waals surface area contributed by atoms with E-state index in [1.54, 1.807) is 12.1 Å². The maximum absolute atomic E-state index is 13.7. The van der Waals surface area contributed by atoms with Crippen LogP contribution in [-0.2, 0) is 0 Å². The molecule has 2 saturated heterocycles. The van der Waals surface area contributed by atoms with Crippen molar-refractivity contribution in [2.75, 3.05) is 13.2 Å². The maximum Gasteiger partial charge on any atom is 0.287 e. The average Bonchev–Trinajstić information content (AvgIpc) is 3.23. The lowest BCUT2D eigenvalue weighted by atomic mass is 9.81. The van der Waals surface area contributed by atoms with Crippen LogP contribution in [0, 0.1) is 11.6 Å². The number of benzene rings is 2. The van der Waals surface area contributed by atoms with Crippen LogP contribution in [0.25, 0.3) is 11.0 Å². The summed E-state index contributed by atoms with van der Waals surface area (Å²) in [6, 6.07) is 8.75. The first-order valence-corrected chi connectivity index (χ1v) is 12.7. The molecule has 192 valence electrons. The molecule has 1 aromatic heterocycles. The highest BCUT2D eigenvalue weighted by atomic mass is 35.5. The number of aliphatic hydroxyl groups excluding tert-OH is 1. The van der Waals surface area contributed by atoms with Gasteiger partial charge in [-0.3, -0.25) is 9.69 Å². The van der Waals surface area contributed by atoms with Crippen LogP contribution in [0.15, 0.2) is 40.8 Å². The van der Waals surface area contributed by atoms with Gasteiger partial charge in [0.1, 0.15) is 35.7 Å². The second-order valence-corrected chi connectivity index (χ2v) is 10.3. The van der Waals surface area contributed by atoms with Gasteiger partial charge in [-0.2, -0.15) is 0 Å². The summed E-state index contributed by atoms with van der Waals surface area (Å²) in [6.07, 6.45) is 3.79. The van der Waals surface area contributed by atoms with E-state index in [4.69, 9.17) is 32.4 Å². The number of amides is 1. The van der Waals surface area contributed by atoms with Gasteiger partial charge in [-0.05, 0) is 49.9 Å². The fourth-order valence-electron chi connectivity index (χ4n) is 5.35. The molecule has 1 amide bonds. The summed E-state index contributed by atoms with van der Waals surface area (Å²) >= 11 is 11.5. The second-order valence-electron chi connectivity index (χ2n) is 9.53. The minimum Gasteiger partial charge on any atom is -0.491 e. The first-order chi connectivity index (χ1) is 17.3. The molecule has 36 heavy (non-hydrogen) atoms. The summed E-state index contributed by atoms with van der Waals surface area (Å²) in [5, 5.41) is 14.2. The predicted molar refractivity (Wildman–Crippen MR) is 133 cm³/mol. The zero-order chi connectivity index (χ0) is 25.4. The summed E-state index contributed by atoms with van der Waals surface area (Å²) in [6.45, 7) is 0.468. The third-order valence-corrected chi connectivity index (χ3v) is 7.60. The Bertz CT molecular complexity index is 1220. The molecule has 3 unspecified atom stereocenters. The molecule has 2 bridgehead atoms. The van der Waals surface area contributed by atoms with Crippen LogP contribution in [0.5, 0.6) is 5.75 Å². The van der Waals surface area contributed by atoms with E-state index in [0.717, 1.165) is 32.1 Å². The van der Waals surface area contributed by atoms with Crippen molar-refractivity contribution >= 4 is 40.1 Å². The lowest BCUT2D eigenvalue weighted by molar-refractivity contribution is -0.0195. The molecule has 6 nitrogen and oxygen atoms in total. The van der Waals surface area contributed by atoms with E-state index >= 15 is 0 Å². The summed E-state index contributed by atoms with van der Waals surface area (Å²) in [5.41, 5.74) is 0.270. The van der Waals surface area contributed by atoms with Gasteiger partial charge in [0, 0.05) is 42.2 Å². The molecule has 2 aliphatic heterocycles. The van der Waals surface area contributed by atoms with Crippen molar-refractivity contribution < 1.29 is 27.8 Å². The van der Waals surface area contributed by atoms with Crippen LogP contribution in [0.3, 0.4) is 0 Å². The van der Waals surface area contributed by atoms with Gasteiger partial charge in [-0.25, -0.2) is 8.78 Å². The number of fused-ring (bicyclic) bond motifs is 3. The van der Waals surface area contributed by atoms with Crippen molar-refractivity contribution in [3.05, 3.63) is 63.8 Å². The molecule has 2 fully saturated rings. The first-order valence-electron chi connectivity index (χ1n) is 12.0. The van der Waals surface area contributed by atoms with E-state index < -0.39 is 17.7 Å². The first kappa shape index (κ1) is 25.3. The van der Waals surface area contributed by atoms with E-state index in [2.05, 4.69) is 10.2 Å². The van der Waals surface area contributed by atoms with Crippen LogP contribution in [-0.4, -0.2) is 53.3 Å². The molecule has 3 atom stereocenters. The summed E-state index contributed by atoms with van der Waals surface area (Å²) < 4.78 is 38.4. The number of piperidine rings is 2. The number of nitrogens with zero attached hydrogens (tertiary/aromatic N) is 1. The van der Waals surface area contributed by atoms with E-state index in [-0.39, 0.29) is 52.0 Å². The molecule has 2 aliphatic rings. The van der Waals surface area contributed by atoms with Gasteiger partial charge < -0.3 is 19.6 Å². The standard InChI is InChI=1S/C26H26Cl2F2N2O4/c27-20-5-4-19(10-22(20)29)35-13-18(33)12-32-16-2-1-3-17(32)9-15(8-16)31-26(34)25-7-14-6-21(28)23(30)11-24(14)36-25/h4-7,10-11,15-18,33H,1-3,8-9,12-13H2,(H,31,34). The van der Waals surface area contributed by atoms with Crippen LogP contribution >= 0.6 is 23.2 Å². The number of halogens is 4. The third kappa shape index (κ3) is 5.47. The van der Waals surface area contributed by atoms with Crippen molar-refractivity contribution in [1.82, 2.24) is 10.2 Å². The van der Waals surface area contributed by atoms with E-state index in [1.807, 2.05) is 0 Å². The Labute approximate surface area is 217 Å². The fraction of sp³-hybridized carbons (Fsp3) is 0.423. The molecule has 0 saturated carbocycles. The zero-order valence-electron chi connectivity index (χ0n) is 19.4. The molecule has 0 aliphatic carbocycles. The molecular formula is C26H26Cl2F2N2O4. The SMILES string of the molecule is O=C(NC1CC2CCCC(C1)N2CC(O)COc1ccc(Cl)c(F)c1)c1cc2cc(Cl)c(F)cc2o1.